The third kappa shape index (κ3) is 3.73. The van der Waals surface area contributed by atoms with Crippen LogP contribution in [0.15, 0.2) is 22.7 Å². The van der Waals surface area contributed by atoms with E-state index in [-0.39, 0.29) is 0 Å². The second-order valence-electron chi connectivity index (χ2n) is 4.82. The van der Waals surface area contributed by atoms with Crippen LogP contribution in [0.5, 0.6) is 11.6 Å². The van der Waals surface area contributed by atoms with E-state index in [2.05, 4.69) is 31.2 Å². The second-order valence-corrected chi connectivity index (χ2v) is 5.67. The Hall–Kier alpha value is -1.62. The van der Waals surface area contributed by atoms with E-state index in [1.165, 1.54) is 0 Å². The fourth-order valence-electron chi connectivity index (χ4n) is 1.93. The molecule has 1 heterocycles. The molecule has 0 spiro atoms. The van der Waals surface area contributed by atoms with Crippen LogP contribution >= 0.6 is 15.9 Å². The maximum atomic E-state index is 5.96. The van der Waals surface area contributed by atoms with Gasteiger partial charge in [-0.2, -0.15) is 4.98 Å². The van der Waals surface area contributed by atoms with Crippen LogP contribution in [0.2, 0.25) is 0 Å². The quantitative estimate of drug-likeness (QED) is 0.853. The molecule has 112 valence electrons. The van der Waals surface area contributed by atoms with Crippen LogP contribution in [0, 0.1) is 13.8 Å². The highest BCUT2D eigenvalue weighted by atomic mass is 79.9. The number of hydrogen-bond acceptors (Lipinski definition) is 4. The predicted molar refractivity (Wildman–Crippen MR) is 89.3 cm³/mol. The van der Waals surface area contributed by atoms with Gasteiger partial charge in [0.05, 0.1) is 5.56 Å². The van der Waals surface area contributed by atoms with Crippen LogP contribution in [0.25, 0.3) is 0 Å². The van der Waals surface area contributed by atoms with Crippen LogP contribution in [0.4, 0.5) is 5.82 Å². The van der Waals surface area contributed by atoms with E-state index in [0.29, 0.717) is 5.88 Å². The maximum absolute atomic E-state index is 5.96. The van der Waals surface area contributed by atoms with Crippen molar-refractivity contribution in [3.05, 3.63) is 39.6 Å². The molecule has 0 bridgehead atoms. The first-order valence-electron chi connectivity index (χ1n) is 7.10. The molecule has 2 rings (SSSR count). The minimum atomic E-state index is 0.611. The lowest BCUT2D eigenvalue weighted by molar-refractivity contribution is 0.454. The van der Waals surface area contributed by atoms with Gasteiger partial charge in [-0.25, -0.2) is 4.98 Å². The minimum Gasteiger partial charge on any atom is -0.439 e. The van der Waals surface area contributed by atoms with Gasteiger partial charge in [0, 0.05) is 17.4 Å². The zero-order valence-corrected chi connectivity index (χ0v) is 14.4. The summed E-state index contributed by atoms with van der Waals surface area (Å²) >= 11 is 3.49. The summed E-state index contributed by atoms with van der Waals surface area (Å²) in [6.07, 6.45) is 0.772. The van der Waals surface area contributed by atoms with Gasteiger partial charge in [-0.15, -0.1) is 0 Å². The van der Waals surface area contributed by atoms with Crippen molar-refractivity contribution in [1.82, 2.24) is 9.97 Å². The molecule has 5 heteroatoms. The van der Waals surface area contributed by atoms with Gasteiger partial charge in [0.25, 0.3) is 0 Å². The van der Waals surface area contributed by atoms with Crippen molar-refractivity contribution in [2.24, 2.45) is 0 Å². The average molecular weight is 350 g/mol. The summed E-state index contributed by atoms with van der Waals surface area (Å²) < 4.78 is 7.03. The molecule has 0 aliphatic rings. The Labute approximate surface area is 134 Å². The third-order valence-corrected chi connectivity index (χ3v) is 4.04. The van der Waals surface area contributed by atoms with Crippen LogP contribution in [-0.4, -0.2) is 16.5 Å². The first-order valence-corrected chi connectivity index (χ1v) is 7.89. The van der Waals surface area contributed by atoms with E-state index in [1.807, 2.05) is 45.9 Å². The van der Waals surface area contributed by atoms with E-state index in [9.17, 15) is 0 Å². The molecule has 0 saturated carbocycles. The summed E-state index contributed by atoms with van der Waals surface area (Å²) in [6.45, 7) is 8.90. The molecule has 0 unspecified atom stereocenters. The molecule has 4 nitrogen and oxygen atoms in total. The molecular weight excluding hydrogens is 330 g/mol. The highest BCUT2D eigenvalue weighted by molar-refractivity contribution is 9.10. The SMILES string of the molecule is CCNc1nc(CC)nc(Oc2ccc(Br)c(C)c2)c1C. The van der Waals surface area contributed by atoms with Crippen molar-refractivity contribution in [2.75, 3.05) is 11.9 Å². The zero-order valence-electron chi connectivity index (χ0n) is 12.8. The summed E-state index contributed by atoms with van der Waals surface area (Å²) in [6, 6.07) is 5.90. The van der Waals surface area contributed by atoms with Crippen LogP contribution in [0.3, 0.4) is 0 Å². The molecule has 2 aromatic rings. The van der Waals surface area contributed by atoms with Crippen LogP contribution in [-0.2, 0) is 6.42 Å². The number of halogens is 1. The normalized spacial score (nSPS) is 10.5. The number of benzene rings is 1. The summed E-state index contributed by atoms with van der Waals surface area (Å²) in [5, 5.41) is 3.26. The number of nitrogens with one attached hydrogen (secondary N) is 1. The van der Waals surface area contributed by atoms with Crippen molar-refractivity contribution >= 4 is 21.7 Å². The Kier molecular flexibility index (Phi) is 5.17. The summed E-state index contributed by atoms with van der Waals surface area (Å²) in [7, 11) is 0. The van der Waals surface area contributed by atoms with Gasteiger partial charge in [0.1, 0.15) is 17.4 Å². The summed E-state index contributed by atoms with van der Waals surface area (Å²) in [4.78, 5) is 9.00. The first kappa shape index (κ1) is 15.8. The Balaban J connectivity index is 2.37. The fourth-order valence-corrected chi connectivity index (χ4v) is 2.18. The Morgan fingerprint density at radius 2 is 1.95 bits per heavy atom. The van der Waals surface area contributed by atoms with Gasteiger partial charge in [-0.1, -0.05) is 22.9 Å². The largest absolute Gasteiger partial charge is 0.439 e. The molecule has 1 aromatic carbocycles. The van der Waals surface area contributed by atoms with E-state index in [4.69, 9.17) is 4.74 Å². The van der Waals surface area contributed by atoms with Crippen LogP contribution < -0.4 is 10.1 Å². The fraction of sp³-hybridized carbons (Fsp3) is 0.375. The predicted octanol–water partition coefficient (Wildman–Crippen LogP) is 4.64. The number of ether oxygens (including phenoxy) is 1. The first-order chi connectivity index (χ1) is 10.0. The number of nitrogens with zero attached hydrogens (tertiary/aromatic N) is 2. The van der Waals surface area contributed by atoms with Crippen molar-refractivity contribution in [3.8, 4) is 11.6 Å². The maximum Gasteiger partial charge on any atom is 0.227 e. The number of anilines is 1. The summed E-state index contributed by atoms with van der Waals surface area (Å²) in [5.74, 6) is 3.01. The lowest BCUT2D eigenvalue weighted by Crippen LogP contribution is -2.07. The lowest BCUT2D eigenvalue weighted by atomic mass is 10.2. The number of aromatic nitrogens is 2. The number of rotatable bonds is 5. The van der Waals surface area contributed by atoms with Gasteiger partial charge in [0.2, 0.25) is 5.88 Å². The lowest BCUT2D eigenvalue weighted by Gasteiger charge is -2.13. The molecule has 0 saturated heterocycles. The molecule has 0 radical (unpaired) electrons. The van der Waals surface area contributed by atoms with Crippen molar-refractivity contribution in [3.63, 3.8) is 0 Å². The van der Waals surface area contributed by atoms with Crippen molar-refractivity contribution in [1.29, 1.82) is 0 Å². The molecule has 0 aliphatic carbocycles. The van der Waals surface area contributed by atoms with E-state index < -0.39 is 0 Å². The molecule has 1 N–H and O–H groups in total. The third-order valence-electron chi connectivity index (χ3n) is 3.15. The van der Waals surface area contributed by atoms with E-state index in [0.717, 1.165) is 46.0 Å². The van der Waals surface area contributed by atoms with Crippen molar-refractivity contribution < 1.29 is 4.74 Å². The molecule has 0 amide bonds. The number of aryl methyl sites for hydroxylation is 2. The molecule has 1 aromatic heterocycles. The number of hydrogen-bond donors (Lipinski definition) is 1. The molecule has 0 fully saturated rings. The standard InChI is InChI=1S/C16H20BrN3O/c1-5-14-19-15(18-6-2)11(4)16(20-14)21-12-7-8-13(17)10(3)9-12/h7-9H,5-6H2,1-4H3,(H,18,19,20). The van der Waals surface area contributed by atoms with Gasteiger partial charge in [0.15, 0.2) is 0 Å². The van der Waals surface area contributed by atoms with Gasteiger partial charge in [-0.3, -0.25) is 0 Å². The molecule has 0 atom stereocenters. The monoisotopic (exact) mass is 349 g/mol. The van der Waals surface area contributed by atoms with Crippen LogP contribution in [0.1, 0.15) is 30.8 Å². The van der Waals surface area contributed by atoms with Crippen molar-refractivity contribution in [2.45, 2.75) is 34.1 Å². The Bertz CT molecular complexity index is 644. The Morgan fingerprint density at radius 3 is 2.57 bits per heavy atom. The van der Waals surface area contributed by atoms with E-state index in [1.54, 1.807) is 0 Å². The molecule has 0 aliphatic heterocycles. The van der Waals surface area contributed by atoms with E-state index >= 15 is 0 Å². The molecule has 21 heavy (non-hydrogen) atoms. The van der Waals surface area contributed by atoms with Gasteiger partial charge in [-0.05, 0) is 44.5 Å². The average Bonchev–Trinajstić information content (AvgIpc) is 2.47. The smallest absolute Gasteiger partial charge is 0.227 e. The van der Waals surface area contributed by atoms with Gasteiger partial charge < -0.3 is 10.1 Å². The highest BCUT2D eigenvalue weighted by Gasteiger charge is 2.12. The second kappa shape index (κ2) is 6.89. The van der Waals surface area contributed by atoms with Gasteiger partial charge >= 0.3 is 0 Å². The topological polar surface area (TPSA) is 47.0 Å². The zero-order chi connectivity index (χ0) is 15.4. The highest BCUT2D eigenvalue weighted by Crippen LogP contribution is 2.29. The minimum absolute atomic E-state index is 0.611. The Morgan fingerprint density at radius 1 is 1.19 bits per heavy atom. The summed E-state index contributed by atoms with van der Waals surface area (Å²) in [5.41, 5.74) is 2.05. The molecular formula is C16H20BrN3O.